The van der Waals surface area contributed by atoms with Crippen molar-refractivity contribution in [2.24, 2.45) is 0 Å². The van der Waals surface area contributed by atoms with Crippen LogP contribution >= 0.6 is 0 Å². The van der Waals surface area contributed by atoms with E-state index in [-0.39, 0.29) is 17.5 Å². The van der Waals surface area contributed by atoms with Crippen LogP contribution in [0.2, 0.25) is 0 Å². The van der Waals surface area contributed by atoms with Gasteiger partial charge in [0.1, 0.15) is 11.4 Å². The minimum Gasteiger partial charge on any atom is -0.497 e. The van der Waals surface area contributed by atoms with E-state index in [0.29, 0.717) is 12.1 Å². The Kier molecular flexibility index (Phi) is 8.24. The summed E-state index contributed by atoms with van der Waals surface area (Å²) in [5.41, 5.74) is 1.47. The number of rotatable bonds is 9. The lowest BCUT2D eigenvalue weighted by atomic mass is 10.1. The fraction of sp³-hybridized carbons (Fsp3) is 0.273. The number of nitrogens with one attached hydrogen (secondary N) is 2. The molecule has 28 heavy (non-hydrogen) atoms. The Morgan fingerprint density at radius 3 is 2.32 bits per heavy atom. The van der Waals surface area contributed by atoms with Gasteiger partial charge >= 0.3 is 0 Å². The van der Waals surface area contributed by atoms with Crippen LogP contribution in [0.5, 0.6) is 5.75 Å². The minimum absolute atomic E-state index is 0.198. The first-order valence-corrected chi connectivity index (χ1v) is 9.14. The van der Waals surface area contributed by atoms with E-state index in [0.717, 1.165) is 24.3 Å². The molecule has 0 bridgehead atoms. The molecule has 2 amide bonds. The maximum atomic E-state index is 12.6. The zero-order chi connectivity index (χ0) is 20.4. The summed E-state index contributed by atoms with van der Waals surface area (Å²) in [5.74, 6) is 0.0721. The summed E-state index contributed by atoms with van der Waals surface area (Å²) in [6, 6.07) is 16.1. The van der Waals surface area contributed by atoms with E-state index in [1.807, 2.05) is 32.3 Å². The average molecular weight is 381 g/mol. The maximum Gasteiger partial charge on any atom is 0.267 e. The number of methoxy groups -OCH3 is 1. The highest BCUT2D eigenvalue weighted by Gasteiger charge is 2.14. The number of carbonyl (C=O) groups excluding carboxylic acids is 2. The molecule has 0 aliphatic carbocycles. The molecule has 0 atom stereocenters. The molecular formula is C22H27N3O3. The molecule has 2 rings (SSSR count). The molecule has 6 nitrogen and oxygen atoms in total. The predicted octanol–water partition coefficient (Wildman–Crippen LogP) is 2.53. The van der Waals surface area contributed by atoms with Gasteiger partial charge in [-0.25, -0.2) is 0 Å². The molecule has 0 unspecified atom stereocenters. The Morgan fingerprint density at radius 1 is 1.04 bits per heavy atom. The van der Waals surface area contributed by atoms with Crippen molar-refractivity contribution in [1.29, 1.82) is 0 Å². The van der Waals surface area contributed by atoms with E-state index >= 15 is 0 Å². The summed E-state index contributed by atoms with van der Waals surface area (Å²) in [7, 11) is 5.56. The van der Waals surface area contributed by atoms with Crippen LogP contribution < -0.4 is 15.4 Å². The molecule has 0 saturated carbocycles. The number of benzene rings is 2. The van der Waals surface area contributed by atoms with Gasteiger partial charge in [0.15, 0.2) is 0 Å². The SMILES string of the molecule is COc1ccc(/C=C(/NC(=O)c2ccccc2)C(=O)NCCCN(C)C)cc1. The number of carbonyl (C=O) groups is 2. The van der Waals surface area contributed by atoms with Crippen LogP contribution in [-0.2, 0) is 4.79 Å². The highest BCUT2D eigenvalue weighted by molar-refractivity contribution is 6.05. The largest absolute Gasteiger partial charge is 0.497 e. The van der Waals surface area contributed by atoms with Crippen LogP contribution in [0.15, 0.2) is 60.3 Å². The zero-order valence-corrected chi connectivity index (χ0v) is 16.6. The Balaban J connectivity index is 2.15. The molecule has 0 saturated heterocycles. The summed E-state index contributed by atoms with van der Waals surface area (Å²) < 4.78 is 5.16. The summed E-state index contributed by atoms with van der Waals surface area (Å²) in [4.78, 5) is 27.2. The smallest absolute Gasteiger partial charge is 0.267 e. The first kappa shape index (κ1) is 21.2. The number of ether oxygens (including phenoxy) is 1. The topological polar surface area (TPSA) is 70.7 Å². The lowest BCUT2D eigenvalue weighted by Gasteiger charge is -2.13. The molecule has 0 aliphatic heterocycles. The Hall–Kier alpha value is -3.12. The van der Waals surface area contributed by atoms with Crippen molar-refractivity contribution in [3.8, 4) is 5.75 Å². The molecule has 2 N–H and O–H groups in total. The summed E-state index contributed by atoms with van der Waals surface area (Å²) in [5, 5.41) is 5.59. The highest BCUT2D eigenvalue weighted by Crippen LogP contribution is 2.14. The van der Waals surface area contributed by atoms with Crippen LogP contribution in [0.25, 0.3) is 6.08 Å². The van der Waals surface area contributed by atoms with E-state index in [1.54, 1.807) is 49.6 Å². The molecular weight excluding hydrogens is 354 g/mol. The second-order valence-electron chi connectivity index (χ2n) is 6.56. The lowest BCUT2D eigenvalue weighted by Crippen LogP contribution is -2.36. The van der Waals surface area contributed by atoms with Gasteiger partial charge in [0, 0.05) is 12.1 Å². The van der Waals surface area contributed by atoms with E-state index in [9.17, 15) is 9.59 Å². The van der Waals surface area contributed by atoms with E-state index in [1.165, 1.54) is 0 Å². The number of hydrogen-bond donors (Lipinski definition) is 2. The van der Waals surface area contributed by atoms with Crippen LogP contribution in [0.1, 0.15) is 22.3 Å². The van der Waals surface area contributed by atoms with E-state index < -0.39 is 0 Å². The second-order valence-corrected chi connectivity index (χ2v) is 6.56. The molecule has 0 spiro atoms. The van der Waals surface area contributed by atoms with E-state index in [2.05, 4.69) is 15.5 Å². The fourth-order valence-electron chi connectivity index (χ4n) is 2.50. The minimum atomic E-state index is -0.330. The Bertz CT molecular complexity index is 800. The maximum absolute atomic E-state index is 12.6. The van der Waals surface area contributed by atoms with Crippen molar-refractivity contribution in [2.45, 2.75) is 6.42 Å². The molecule has 2 aromatic carbocycles. The van der Waals surface area contributed by atoms with Gasteiger partial charge in [0.2, 0.25) is 0 Å². The zero-order valence-electron chi connectivity index (χ0n) is 16.6. The molecule has 2 aromatic rings. The summed E-state index contributed by atoms with van der Waals surface area (Å²) in [6.07, 6.45) is 2.47. The van der Waals surface area contributed by atoms with Gasteiger partial charge in [0.05, 0.1) is 7.11 Å². The first-order valence-electron chi connectivity index (χ1n) is 9.14. The molecule has 0 fully saturated rings. The third-order valence-electron chi connectivity index (χ3n) is 4.02. The third kappa shape index (κ3) is 6.89. The quantitative estimate of drug-likeness (QED) is 0.517. The summed E-state index contributed by atoms with van der Waals surface area (Å²) >= 11 is 0. The van der Waals surface area contributed by atoms with Crippen molar-refractivity contribution in [3.63, 3.8) is 0 Å². The van der Waals surface area contributed by atoms with Crippen LogP contribution in [0.3, 0.4) is 0 Å². The van der Waals surface area contributed by atoms with Crippen molar-refractivity contribution in [1.82, 2.24) is 15.5 Å². The first-order chi connectivity index (χ1) is 13.5. The van der Waals surface area contributed by atoms with Gasteiger partial charge in [-0.1, -0.05) is 30.3 Å². The number of nitrogens with zero attached hydrogens (tertiary/aromatic N) is 1. The van der Waals surface area contributed by atoms with Crippen molar-refractivity contribution in [3.05, 3.63) is 71.4 Å². The Morgan fingerprint density at radius 2 is 1.71 bits per heavy atom. The lowest BCUT2D eigenvalue weighted by molar-refractivity contribution is -0.117. The van der Waals surface area contributed by atoms with Crippen LogP contribution in [-0.4, -0.2) is 51.0 Å². The van der Waals surface area contributed by atoms with Gasteiger partial charge in [0.25, 0.3) is 11.8 Å². The standard InChI is InChI=1S/C22H27N3O3/c1-25(2)15-7-14-23-22(27)20(16-17-10-12-19(28-3)13-11-17)24-21(26)18-8-5-4-6-9-18/h4-6,8-13,16H,7,14-15H2,1-3H3,(H,23,27)(H,24,26)/b20-16+. The van der Waals surface area contributed by atoms with Crippen molar-refractivity contribution in [2.75, 3.05) is 34.3 Å². The molecule has 6 heteroatoms. The van der Waals surface area contributed by atoms with E-state index in [4.69, 9.17) is 4.74 Å². The average Bonchev–Trinajstić information content (AvgIpc) is 2.71. The van der Waals surface area contributed by atoms with Gasteiger partial charge in [-0.05, 0) is 63.0 Å². The fourth-order valence-corrected chi connectivity index (χ4v) is 2.50. The van der Waals surface area contributed by atoms with Crippen LogP contribution in [0.4, 0.5) is 0 Å². The Labute approximate surface area is 166 Å². The molecule has 0 radical (unpaired) electrons. The highest BCUT2D eigenvalue weighted by atomic mass is 16.5. The van der Waals surface area contributed by atoms with Crippen LogP contribution in [0, 0.1) is 0 Å². The number of hydrogen-bond acceptors (Lipinski definition) is 4. The third-order valence-corrected chi connectivity index (χ3v) is 4.02. The van der Waals surface area contributed by atoms with Crippen molar-refractivity contribution < 1.29 is 14.3 Å². The normalized spacial score (nSPS) is 11.2. The summed E-state index contributed by atoms with van der Waals surface area (Å²) in [6.45, 7) is 1.40. The van der Waals surface area contributed by atoms with Crippen molar-refractivity contribution >= 4 is 17.9 Å². The second kappa shape index (κ2) is 10.9. The molecule has 0 aliphatic rings. The predicted molar refractivity (Wildman–Crippen MR) is 111 cm³/mol. The molecule has 0 aromatic heterocycles. The molecule has 148 valence electrons. The van der Waals surface area contributed by atoms with Gasteiger partial charge in [-0.15, -0.1) is 0 Å². The van der Waals surface area contributed by atoms with Gasteiger partial charge in [-0.2, -0.15) is 0 Å². The monoisotopic (exact) mass is 381 g/mol. The van der Waals surface area contributed by atoms with Gasteiger partial charge < -0.3 is 20.3 Å². The molecule has 0 heterocycles. The van der Waals surface area contributed by atoms with Gasteiger partial charge in [-0.3, -0.25) is 9.59 Å². The number of amides is 2.